The van der Waals surface area contributed by atoms with E-state index in [9.17, 15) is 0 Å². The normalized spacial score (nSPS) is 12.6. The minimum absolute atomic E-state index is 0.382. The molecule has 1 atom stereocenters. The number of rotatable bonds is 4. The number of methoxy groups -OCH3 is 1. The molecule has 0 saturated carbocycles. The Kier molecular flexibility index (Phi) is 4.35. The monoisotopic (exact) mass is 258 g/mol. The Morgan fingerprint density at radius 2 is 2.29 bits per heavy atom. The van der Waals surface area contributed by atoms with Crippen LogP contribution in [0.1, 0.15) is 24.8 Å². The van der Waals surface area contributed by atoms with Gasteiger partial charge in [0, 0.05) is 16.2 Å². The summed E-state index contributed by atoms with van der Waals surface area (Å²) in [4.78, 5) is 4.06. The second kappa shape index (κ2) is 5.32. The van der Waals surface area contributed by atoms with Crippen molar-refractivity contribution in [3.63, 3.8) is 0 Å². The van der Waals surface area contributed by atoms with E-state index in [-0.39, 0.29) is 0 Å². The first kappa shape index (κ1) is 11.5. The van der Waals surface area contributed by atoms with E-state index in [0.29, 0.717) is 12.5 Å². The number of ether oxygens (including phenoxy) is 1. The molecule has 0 spiro atoms. The molecule has 14 heavy (non-hydrogen) atoms. The molecule has 3 nitrogen and oxygen atoms in total. The van der Waals surface area contributed by atoms with Crippen LogP contribution in [0.25, 0.3) is 0 Å². The van der Waals surface area contributed by atoms with Crippen molar-refractivity contribution in [2.24, 2.45) is 5.73 Å². The van der Waals surface area contributed by atoms with Crippen molar-refractivity contribution in [1.29, 1.82) is 0 Å². The van der Waals surface area contributed by atoms with Crippen LogP contribution >= 0.6 is 15.9 Å². The van der Waals surface area contributed by atoms with Gasteiger partial charge in [-0.15, -0.1) is 0 Å². The van der Waals surface area contributed by atoms with Gasteiger partial charge in [0.2, 0.25) is 0 Å². The second-order valence-electron chi connectivity index (χ2n) is 3.22. The number of halogens is 1. The van der Waals surface area contributed by atoms with Crippen molar-refractivity contribution >= 4 is 15.9 Å². The van der Waals surface area contributed by atoms with Crippen LogP contribution < -0.4 is 10.5 Å². The Morgan fingerprint density at radius 3 is 2.86 bits per heavy atom. The van der Waals surface area contributed by atoms with E-state index >= 15 is 0 Å². The molecule has 1 heterocycles. The van der Waals surface area contributed by atoms with Gasteiger partial charge in [0.25, 0.3) is 0 Å². The van der Waals surface area contributed by atoms with E-state index in [0.717, 1.165) is 22.2 Å². The van der Waals surface area contributed by atoms with Crippen molar-refractivity contribution < 1.29 is 4.74 Å². The second-order valence-corrected chi connectivity index (χ2v) is 4.07. The molecule has 0 aliphatic heterocycles. The Labute approximate surface area is 92.8 Å². The summed E-state index contributed by atoms with van der Waals surface area (Å²) >= 11 is 3.48. The molecule has 0 radical (unpaired) electrons. The smallest absolute Gasteiger partial charge is 0.141 e. The van der Waals surface area contributed by atoms with Gasteiger partial charge in [-0.2, -0.15) is 0 Å². The number of hydrogen-bond acceptors (Lipinski definition) is 3. The largest absolute Gasteiger partial charge is 0.495 e. The summed E-state index contributed by atoms with van der Waals surface area (Å²) in [6.45, 7) is 2.81. The van der Waals surface area contributed by atoms with Gasteiger partial charge >= 0.3 is 0 Å². The topological polar surface area (TPSA) is 48.1 Å². The third-order valence-electron chi connectivity index (χ3n) is 2.21. The first-order chi connectivity index (χ1) is 6.70. The minimum atomic E-state index is 0.382. The van der Waals surface area contributed by atoms with Crippen LogP contribution in [0.15, 0.2) is 16.9 Å². The lowest BCUT2D eigenvalue weighted by molar-refractivity contribution is 0.403. The maximum Gasteiger partial charge on any atom is 0.141 e. The summed E-state index contributed by atoms with van der Waals surface area (Å²) in [5.41, 5.74) is 6.68. The lowest BCUT2D eigenvalue weighted by Crippen LogP contribution is -2.06. The minimum Gasteiger partial charge on any atom is -0.495 e. The van der Waals surface area contributed by atoms with Crippen LogP contribution in [0.3, 0.4) is 0 Å². The van der Waals surface area contributed by atoms with E-state index in [1.807, 2.05) is 0 Å². The van der Waals surface area contributed by atoms with Crippen LogP contribution in [0.2, 0.25) is 0 Å². The maximum atomic E-state index is 5.54. The van der Waals surface area contributed by atoms with E-state index < -0.39 is 0 Å². The van der Waals surface area contributed by atoms with Crippen LogP contribution in [-0.4, -0.2) is 18.6 Å². The molecule has 0 saturated heterocycles. The molecule has 1 aromatic heterocycles. The molecule has 2 N–H and O–H groups in total. The zero-order valence-electron chi connectivity index (χ0n) is 8.46. The van der Waals surface area contributed by atoms with Gasteiger partial charge < -0.3 is 10.5 Å². The summed E-state index contributed by atoms with van der Waals surface area (Å²) in [6, 6.07) is 0. The standard InChI is InChI=1S/C10H15BrN2O/c1-7(3-4-12)10-8(11)5-13-6-9(10)14-2/h5-7H,3-4,12H2,1-2H3. The number of aromatic nitrogens is 1. The van der Waals surface area contributed by atoms with Crippen molar-refractivity contribution in [1.82, 2.24) is 4.98 Å². The van der Waals surface area contributed by atoms with Crippen molar-refractivity contribution in [3.05, 3.63) is 22.4 Å². The third kappa shape index (κ3) is 2.45. The van der Waals surface area contributed by atoms with E-state index in [1.54, 1.807) is 19.5 Å². The van der Waals surface area contributed by atoms with Gasteiger partial charge in [-0.1, -0.05) is 6.92 Å². The fourth-order valence-electron chi connectivity index (χ4n) is 1.46. The Balaban J connectivity index is 3.03. The lowest BCUT2D eigenvalue weighted by Gasteiger charge is -2.15. The highest BCUT2D eigenvalue weighted by Gasteiger charge is 2.14. The van der Waals surface area contributed by atoms with Crippen LogP contribution in [0.4, 0.5) is 0 Å². The Morgan fingerprint density at radius 1 is 1.57 bits per heavy atom. The first-order valence-electron chi connectivity index (χ1n) is 4.58. The summed E-state index contributed by atoms with van der Waals surface area (Å²) in [5.74, 6) is 1.20. The highest BCUT2D eigenvalue weighted by Crippen LogP contribution is 2.33. The van der Waals surface area contributed by atoms with Gasteiger partial charge in [0.05, 0.1) is 13.3 Å². The highest BCUT2D eigenvalue weighted by molar-refractivity contribution is 9.10. The Hall–Kier alpha value is -0.610. The van der Waals surface area contributed by atoms with Gasteiger partial charge in [0.1, 0.15) is 5.75 Å². The average molecular weight is 259 g/mol. The molecule has 1 aromatic rings. The summed E-state index contributed by atoms with van der Waals surface area (Å²) < 4.78 is 6.24. The zero-order chi connectivity index (χ0) is 10.6. The zero-order valence-corrected chi connectivity index (χ0v) is 10.0. The van der Waals surface area contributed by atoms with E-state index in [1.165, 1.54) is 0 Å². The summed E-state index contributed by atoms with van der Waals surface area (Å²) in [7, 11) is 1.65. The van der Waals surface area contributed by atoms with Gasteiger partial charge in [-0.3, -0.25) is 4.98 Å². The first-order valence-corrected chi connectivity index (χ1v) is 5.37. The van der Waals surface area contributed by atoms with E-state index in [2.05, 4.69) is 27.8 Å². The van der Waals surface area contributed by atoms with Crippen LogP contribution in [0.5, 0.6) is 5.75 Å². The molecule has 0 aromatic carbocycles. The molecule has 0 bridgehead atoms. The fourth-order valence-corrected chi connectivity index (χ4v) is 2.17. The van der Waals surface area contributed by atoms with Gasteiger partial charge in [-0.25, -0.2) is 0 Å². The summed E-state index contributed by atoms with van der Waals surface area (Å²) in [5, 5.41) is 0. The number of pyridine rings is 1. The fraction of sp³-hybridized carbons (Fsp3) is 0.500. The number of hydrogen-bond donors (Lipinski definition) is 1. The molecule has 78 valence electrons. The molecular weight excluding hydrogens is 244 g/mol. The number of nitrogens with two attached hydrogens (primary N) is 1. The lowest BCUT2D eigenvalue weighted by atomic mass is 9.98. The SMILES string of the molecule is COc1cncc(Br)c1C(C)CCN. The molecule has 0 fully saturated rings. The summed E-state index contributed by atoms with van der Waals surface area (Å²) in [6.07, 6.45) is 4.46. The molecule has 4 heteroatoms. The molecular formula is C10H15BrN2O. The molecule has 0 amide bonds. The molecule has 1 unspecified atom stereocenters. The van der Waals surface area contributed by atoms with Crippen molar-refractivity contribution in [2.45, 2.75) is 19.3 Å². The van der Waals surface area contributed by atoms with Crippen LogP contribution in [-0.2, 0) is 0 Å². The van der Waals surface area contributed by atoms with Gasteiger partial charge in [0.15, 0.2) is 0 Å². The molecule has 1 rings (SSSR count). The maximum absolute atomic E-state index is 5.54. The van der Waals surface area contributed by atoms with Crippen molar-refractivity contribution in [2.75, 3.05) is 13.7 Å². The quantitative estimate of drug-likeness (QED) is 0.902. The predicted molar refractivity (Wildman–Crippen MR) is 60.6 cm³/mol. The third-order valence-corrected chi connectivity index (χ3v) is 2.85. The van der Waals surface area contributed by atoms with Crippen LogP contribution in [0, 0.1) is 0 Å². The molecule has 0 aliphatic carbocycles. The van der Waals surface area contributed by atoms with Crippen molar-refractivity contribution in [3.8, 4) is 5.75 Å². The van der Waals surface area contributed by atoms with Gasteiger partial charge in [-0.05, 0) is 34.8 Å². The average Bonchev–Trinajstić information content (AvgIpc) is 2.17. The number of nitrogens with zero attached hydrogens (tertiary/aromatic N) is 1. The highest BCUT2D eigenvalue weighted by atomic mass is 79.9. The van der Waals surface area contributed by atoms with E-state index in [4.69, 9.17) is 10.5 Å². The Bertz CT molecular complexity index is 304. The molecule has 0 aliphatic rings. The predicted octanol–water partition coefficient (Wildman–Crippen LogP) is 2.30.